The van der Waals surface area contributed by atoms with Gasteiger partial charge in [0.15, 0.2) is 0 Å². The molecule has 0 fully saturated rings. The van der Waals surface area contributed by atoms with Gasteiger partial charge in [0.1, 0.15) is 24.6 Å². The van der Waals surface area contributed by atoms with Gasteiger partial charge in [-0.2, -0.15) is 5.10 Å². The molecule has 0 saturated heterocycles. The number of halogens is 3. The molecule has 0 bridgehead atoms. The average molecular weight is 380 g/mol. The molecule has 25 heavy (non-hydrogen) atoms. The fraction of sp³-hybridized carbons (Fsp3) is 0.118. The molecule has 0 aliphatic rings. The second-order valence-corrected chi connectivity index (χ2v) is 6.03. The maximum absolute atomic E-state index is 13.0. The Morgan fingerprint density at radius 3 is 2.60 bits per heavy atom. The van der Waals surface area contributed by atoms with Crippen molar-refractivity contribution in [2.45, 2.75) is 12.6 Å². The molecule has 2 aromatic carbocycles. The van der Waals surface area contributed by atoms with Gasteiger partial charge in [0.05, 0.1) is 12.1 Å². The van der Waals surface area contributed by atoms with Crippen molar-refractivity contribution >= 4 is 29.2 Å². The van der Waals surface area contributed by atoms with E-state index in [9.17, 15) is 9.18 Å². The van der Waals surface area contributed by atoms with Gasteiger partial charge in [0.2, 0.25) is 0 Å². The molecule has 5 nitrogen and oxygen atoms in total. The molecule has 0 aliphatic carbocycles. The maximum Gasteiger partial charge on any atom is 0.338 e. The Morgan fingerprint density at radius 1 is 1.20 bits per heavy atom. The van der Waals surface area contributed by atoms with Crippen LogP contribution in [0.15, 0.2) is 55.1 Å². The van der Waals surface area contributed by atoms with E-state index in [-0.39, 0.29) is 12.1 Å². The Kier molecular flexibility index (Phi) is 5.31. The molecular formula is C17H12Cl2FN3O2. The Morgan fingerprint density at radius 2 is 1.96 bits per heavy atom. The van der Waals surface area contributed by atoms with Gasteiger partial charge in [-0.25, -0.2) is 18.9 Å². The van der Waals surface area contributed by atoms with Crippen LogP contribution in [0.4, 0.5) is 4.39 Å². The lowest BCUT2D eigenvalue weighted by Gasteiger charge is -2.19. The minimum absolute atomic E-state index is 0.217. The van der Waals surface area contributed by atoms with Crippen molar-refractivity contribution in [3.63, 3.8) is 0 Å². The number of nitrogens with zero attached hydrogens (tertiary/aromatic N) is 3. The van der Waals surface area contributed by atoms with Gasteiger partial charge in [0.25, 0.3) is 0 Å². The quantitative estimate of drug-likeness (QED) is 0.619. The topological polar surface area (TPSA) is 57.0 Å². The highest BCUT2D eigenvalue weighted by atomic mass is 35.5. The molecule has 1 atom stereocenters. The Balaban J connectivity index is 1.87. The third-order valence-corrected chi connectivity index (χ3v) is 4.02. The number of carbonyl (C=O) groups excluding carboxylic acids is 1. The summed E-state index contributed by atoms with van der Waals surface area (Å²) in [6, 6.07) is 10.0. The molecule has 0 aliphatic heterocycles. The molecular weight excluding hydrogens is 368 g/mol. The van der Waals surface area contributed by atoms with Gasteiger partial charge in [-0.3, -0.25) is 0 Å². The van der Waals surface area contributed by atoms with Crippen molar-refractivity contribution < 1.29 is 13.9 Å². The van der Waals surface area contributed by atoms with Crippen molar-refractivity contribution in [2.75, 3.05) is 0 Å². The van der Waals surface area contributed by atoms with E-state index < -0.39 is 17.9 Å². The Hall–Kier alpha value is -2.44. The molecule has 1 heterocycles. The van der Waals surface area contributed by atoms with Crippen LogP contribution in [0.2, 0.25) is 10.0 Å². The lowest BCUT2D eigenvalue weighted by molar-refractivity contribution is 0.0247. The second-order valence-electron chi connectivity index (χ2n) is 5.18. The summed E-state index contributed by atoms with van der Waals surface area (Å²) < 4.78 is 20.1. The smallest absolute Gasteiger partial charge is 0.338 e. The van der Waals surface area contributed by atoms with Crippen LogP contribution in [-0.2, 0) is 11.3 Å². The summed E-state index contributed by atoms with van der Waals surface area (Å²) in [5, 5.41) is 4.85. The number of hydrogen-bond donors (Lipinski definition) is 0. The number of hydrogen-bond acceptors (Lipinski definition) is 4. The van der Waals surface area contributed by atoms with Crippen LogP contribution in [0, 0.1) is 5.82 Å². The van der Waals surface area contributed by atoms with Gasteiger partial charge in [-0.1, -0.05) is 29.3 Å². The number of carbonyl (C=O) groups is 1. The van der Waals surface area contributed by atoms with E-state index in [1.54, 1.807) is 18.2 Å². The second kappa shape index (κ2) is 7.63. The van der Waals surface area contributed by atoms with Crippen molar-refractivity contribution in [3.8, 4) is 0 Å². The monoisotopic (exact) mass is 379 g/mol. The fourth-order valence-corrected chi connectivity index (χ4v) is 2.77. The molecule has 0 amide bonds. The first kappa shape index (κ1) is 17.4. The average Bonchev–Trinajstić information content (AvgIpc) is 3.08. The summed E-state index contributed by atoms with van der Waals surface area (Å²) in [5.74, 6) is -1.03. The van der Waals surface area contributed by atoms with Gasteiger partial charge in [0, 0.05) is 15.6 Å². The van der Waals surface area contributed by atoms with E-state index in [0.717, 1.165) is 0 Å². The lowest BCUT2D eigenvalue weighted by atomic mass is 10.1. The van der Waals surface area contributed by atoms with E-state index in [0.29, 0.717) is 15.6 Å². The summed E-state index contributed by atoms with van der Waals surface area (Å²) >= 11 is 12.2. The standard InChI is InChI=1S/C17H12Cl2FN3O2/c18-12-3-6-14(15(19)7-12)16(8-23-10-21-9-22-23)25-17(24)11-1-4-13(20)5-2-11/h1-7,9-10,16H,8H2. The first-order valence-corrected chi connectivity index (χ1v) is 8.02. The first-order valence-electron chi connectivity index (χ1n) is 7.27. The predicted octanol–water partition coefficient (Wildman–Crippen LogP) is 4.32. The van der Waals surface area contributed by atoms with Gasteiger partial charge < -0.3 is 4.74 Å². The van der Waals surface area contributed by atoms with E-state index in [1.165, 1.54) is 41.6 Å². The number of rotatable bonds is 5. The highest BCUT2D eigenvalue weighted by Gasteiger charge is 2.22. The van der Waals surface area contributed by atoms with E-state index in [2.05, 4.69) is 10.1 Å². The van der Waals surface area contributed by atoms with Crippen LogP contribution in [0.1, 0.15) is 22.0 Å². The van der Waals surface area contributed by atoms with Crippen LogP contribution >= 0.6 is 23.2 Å². The zero-order chi connectivity index (χ0) is 17.8. The molecule has 0 N–H and O–H groups in total. The van der Waals surface area contributed by atoms with Crippen molar-refractivity contribution in [1.82, 2.24) is 14.8 Å². The highest BCUT2D eigenvalue weighted by Crippen LogP contribution is 2.30. The van der Waals surface area contributed by atoms with Crippen molar-refractivity contribution in [3.05, 3.63) is 82.1 Å². The fourth-order valence-electron chi connectivity index (χ4n) is 2.24. The Bertz CT molecular complexity index is 870. The number of benzene rings is 2. The van der Waals surface area contributed by atoms with Gasteiger partial charge >= 0.3 is 5.97 Å². The number of esters is 1. The maximum atomic E-state index is 13.0. The molecule has 128 valence electrons. The van der Waals surface area contributed by atoms with Gasteiger partial charge in [-0.05, 0) is 36.4 Å². The largest absolute Gasteiger partial charge is 0.452 e. The lowest BCUT2D eigenvalue weighted by Crippen LogP contribution is -2.18. The molecule has 3 rings (SSSR count). The van der Waals surface area contributed by atoms with E-state index in [4.69, 9.17) is 27.9 Å². The molecule has 0 radical (unpaired) electrons. The predicted molar refractivity (Wildman–Crippen MR) is 91.0 cm³/mol. The Labute approximate surface area is 153 Å². The third-order valence-electron chi connectivity index (χ3n) is 3.46. The molecule has 0 saturated carbocycles. The minimum Gasteiger partial charge on any atom is -0.452 e. The van der Waals surface area contributed by atoms with Crippen molar-refractivity contribution in [2.24, 2.45) is 0 Å². The van der Waals surface area contributed by atoms with E-state index in [1.807, 2.05) is 0 Å². The SMILES string of the molecule is O=C(OC(Cn1cncn1)c1ccc(Cl)cc1Cl)c1ccc(F)cc1. The minimum atomic E-state index is -0.719. The summed E-state index contributed by atoms with van der Waals surface area (Å²) in [6.07, 6.45) is 2.16. The number of aromatic nitrogens is 3. The van der Waals surface area contributed by atoms with Crippen molar-refractivity contribution in [1.29, 1.82) is 0 Å². The van der Waals surface area contributed by atoms with Crippen LogP contribution in [-0.4, -0.2) is 20.7 Å². The van der Waals surface area contributed by atoms with Crippen LogP contribution in [0.3, 0.4) is 0 Å². The third kappa shape index (κ3) is 4.35. The molecule has 1 unspecified atom stereocenters. The molecule has 1 aromatic heterocycles. The first-order chi connectivity index (χ1) is 12.0. The summed E-state index contributed by atoms with van der Waals surface area (Å²) in [7, 11) is 0. The molecule has 0 spiro atoms. The van der Waals surface area contributed by atoms with Crippen LogP contribution < -0.4 is 0 Å². The molecule has 3 aromatic rings. The summed E-state index contributed by atoms with van der Waals surface area (Å²) in [5.41, 5.74) is 0.812. The van der Waals surface area contributed by atoms with Crippen LogP contribution in [0.5, 0.6) is 0 Å². The normalized spacial score (nSPS) is 12.0. The van der Waals surface area contributed by atoms with Gasteiger partial charge in [-0.15, -0.1) is 0 Å². The zero-order valence-corrected chi connectivity index (χ0v) is 14.3. The zero-order valence-electron chi connectivity index (χ0n) is 12.8. The summed E-state index contributed by atoms with van der Waals surface area (Å²) in [6.45, 7) is 0.217. The van der Waals surface area contributed by atoms with Crippen LogP contribution in [0.25, 0.3) is 0 Å². The number of ether oxygens (including phenoxy) is 1. The van der Waals surface area contributed by atoms with E-state index >= 15 is 0 Å². The highest BCUT2D eigenvalue weighted by molar-refractivity contribution is 6.35. The molecule has 8 heteroatoms. The summed E-state index contributed by atoms with van der Waals surface area (Å²) in [4.78, 5) is 16.3.